The Kier molecular flexibility index (Phi) is 5.01. The van der Waals surface area contributed by atoms with Crippen LogP contribution in [0.2, 0.25) is 0 Å². The normalized spacial score (nSPS) is 19.5. The molecule has 0 spiro atoms. The molecule has 0 radical (unpaired) electrons. The van der Waals surface area contributed by atoms with Crippen LogP contribution in [-0.4, -0.2) is 22.5 Å². The second-order valence-corrected chi connectivity index (χ2v) is 7.38. The van der Waals surface area contributed by atoms with E-state index in [9.17, 15) is 9.90 Å². The van der Waals surface area contributed by atoms with Crippen LogP contribution in [0.5, 0.6) is 0 Å². The molecule has 0 unspecified atom stereocenters. The van der Waals surface area contributed by atoms with Gasteiger partial charge in [-0.3, -0.25) is 4.79 Å². The summed E-state index contributed by atoms with van der Waals surface area (Å²) in [4.78, 5) is 14.8. The van der Waals surface area contributed by atoms with E-state index in [-0.39, 0.29) is 11.8 Å². The molecular formula is C25H25NO2. The molecule has 3 aromatic rings. The minimum Gasteiger partial charge on any atom is -0.366 e. The summed E-state index contributed by atoms with van der Waals surface area (Å²) < 4.78 is 0. The molecule has 3 nitrogen and oxygen atoms in total. The van der Waals surface area contributed by atoms with Gasteiger partial charge in [0.1, 0.15) is 0 Å². The lowest BCUT2D eigenvalue weighted by atomic mass is 9.79. The quantitative estimate of drug-likeness (QED) is 0.681. The van der Waals surface area contributed by atoms with E-state index < -0.39 is 5.72 Å². The zero-order valence-corrected chi connectivity index (χ0v) is 16.1. The monoisotopic (exact) mass is 371 g/mol. The number of carbonyl (C=O) groups is 1. The molecule has 28 heavy (non-hydrogen) atoms. The smallest absolute Gasteiger partial charge is 0.256 e. The molecule has 0 aromatic heterocycles. The van der Waals surface area contributed by atoms with Crippen molar-refractivity contribution >= 4 is 5.91 Å². The van der Waals surface area contributed by atoms with Gasteiger partial charge in [0, 0.05) is 23.6 Å². The van der Waals surface area contributed by atoms with Gasteiger partial charge in [-0.05, 0) is 30.0 Å². The van der Waals surface area contributed by atoms with Crippen LogP contribution in [0.3, 0.4) is 0 Å². The van der Waals surface area contributed by atoms with Gasteiger partial charge in [-0.2, -0.15) is 0 Å². The number of benzene rings is 3. The maximum absolute atomic E-state index is 13.2. The maximum Gasteiger partial charge on any atom is 0.256 e. The van der Waals surface area contributed by atoms with Gasteiger partial charge < -0.3 is 10.0 Å². The predicted octanol–water partition coefficient (Wildman–Crippen LogP) is 4.72. The zero-order valence-electron chi connectivity index (χ0n) is 16.1. The highest BCUT2D eigenvalue weighted by Crippen LogP contribution is 2.48. The number of rotatable bonds is 6. The van der Waals surface area contributed by atoms with Gasteiger partial charge in [0.25, 0.3) is 5.91 Å². The van der Waals surface area contributed by atoms with Gasteiger partial charge in [0.2, 0.25) is 0 Å². The molecule has 1 aliphatic rings. The van der Waals surface area contributed by atoms with Crippen molar-refractivity contribution in [2.45, 2.75) is 31.4 Å². The number of fused-ring (bicyclic) bond motifs is 1. The number of aliphatic hydroxyl groups is 1. The van der Waals surface area contributed by atoms with E-state index in [1.807, 2.05) is 79.7 Å². The lowest BCUT2D eigenvalue weighted by Gasteiger charge is -2.41. The fraction of sp³-hybridized carbons (Fsp3) is 0.240. The van der Waals surface area contributed by atoms with E-state index >= 15 is 0 Å². The van der Waals surface area contributed by atoms with Gasteiger partial charge in [0.05, 0.1) is 0 Å². The van der Waals surface area contributed by atoms with Gasteiger partial charge in [-0.1, -0.05) is 85.8 Å². The van der Waals surface area contributed by atoms with Crippen molar-refractivity contribution < 1.29 is 9.90 Å². The van der Waals surface area contributed by atoms with Crippen LogP contribution < -0.4 is 0 Å². The van der Waals surface area contributed by atoms with Crippen LogP contribution >= 0.6 is 0 Å². The van der Waals surface area contributed by atoms with Crippen molar-refractivity contribution in [2.24, 2.45) is 0 Å². The molecule has 4 rings (SSSR count). The second-order valence-electron chi connectivity index (χ2n) is 7.38. The van der Waals surface area contributed by atoms with E-state index in [0.717, 1.165) is 17.5 Å². The summed E-state index contributed by atoms with van der Waals surface area (Å²) in [6, 6.07) is 27.7. The third-order valence-electron chi connectivity index (χ3n) is 5.63. The fourth-order valence-electron chi connectivity index (χ4n) is 4.34. The number of hydrogen-bond donors (Lipinski definition) is 1. The third-order valence-corrected chi connectivity index (χ3v) is 5.63. The first-order chi connectivity index (χ1) is 13.7. The Bertz CT molecular complexity index is 955. The van der Waals surface area contributed by atoms with Gasteiger partial charge in [0.15, 0.2) is 5.72 Å². The van der Waals surface area contributed by atoms with Gasteiger partial charge in [-0.15, -0.1) is 0 Å². The van der Waals surface area contributed by atoms with Crippen LogP contribution in [0.4, 0.5) is 0 Å². The Morgan fingerprint density at radius 1 is 0.893 bits per heavy atom. The number of amides is 1. The predicted molar refractivity (Wildman–Crippen MR) is 111 cm³/mol. The largest absolute Gasteiger partial charge is 0.366 e. The molecule has 3 heteroatoms. The summed E-state index contributed by atoms with van der Waals surface area (Å²) >= 11 is 0. The van der Waals surface area contributed by atoms with Crippen molar-refractivity contribution in [2.75, 3.05) is 6.54 Å². The van der Waals surface area contributed by atoms with Crippen molar-refractivity contribution in [1.82, 2.24) is 4.90 Å². The highest BCUT2D eigenvalue weighted by molar-refractivity contribution is 5.99. The number of nitrogens with zero attached hydrogens (tertiary/aromatic N) is 1. The molecule has 142 valence electrons. The zero-order chi connectivity index (χ0) is 19.6. The van der Waals surface area contributed by atoms with Crippen LogP contribution in [0.25, 0.3) is 0 Å². The van der Waals surface area contributed by atoms with E-state index in [0.29, 0.717) is 24.1 Å². The molecule has 0 bridgehead atoms. The van der Waals surface area contributed by atoms with E-state index in [2.05, 4.69) is 12.1 Å². The second kappa shape index (κ2) is 7.61. The van der Waals surface area contributed by atoms with Crippen LogP contribution in [0.15, 0.2) is 84.9 Å². The lowest BCUT2D eigenvalue weighted by molar-refractivity contribution is -0.105. The summed E-state index contributed by atoms with van der Waals surface area (Å²) in [7, 11) is 0. The molecule has 0 saturated heterocycles. The summed E-state index contributed by atoms with van der Waals surface area (Å²) in [5.74, 6) is -0.357. The molecule has 1 N–H and O–H groups in total. The topological polar surface area (TPSA) is 40.5 Å². The summed E-state index contributed by atoms with van der Waals surface area (Å²) in [6.07, 6.45) is 1.43. The average Bonchev–Trinajstić information content (AvgIpc) is 2.96. The standard InChI is InChI=1S/C25H25NO2/c1-2-17-26-24(27)21-15-9-10-16-22(21)25(26,28)23(20-13-7-4-8-14-20)18-19-11-5-3-6-12-19/h3-16,23,28H,2,17-18H2,1H3/t23-,25+/m0/s1. The molecule has 2 atom stereocenters. The summed E-state index contributed by atoms with van der Waals surface area (Å²) in [6.45, 7) is 2.55. The molecule has 3 aromatic carbocycles. The van der Waals surface area contributed by atoms with Crippen LogP contribution in [0, 0.1) is 0 Å². The Labute approximate surface area is 166 Å². The van der Waals surface area contributed by atoms with Crippen LogP contribution in [-0.2, 0) is 12.1 Å². The Hall–Kier alpha value is -2.91. The number of hydrogen-bond acceptors (Lipinski definition) is 2. The molecule has 0 fully saturated rings. The lowest BCUT2D eigenvalue weighted by Crippen LogP contribution is -2.49. The van der Waals surface area contributed by atoms with Gasteiger partial charge in [-0.25, -0.2) is 0 Å². The maximum atomic E-state index is 13.2. The minimum atomic E-state index is -1.37. The fourth-order valence-corrected chi connectivity index (χ4v) is 4.34. The molecular weight excluding hydrogens is 346 g/mol. The molecule has 0 aliphatic carbocycles. The summed E-state index contributed by atoms with van der Waals surface area (Å²) in [5.41, 5.74) is 2.10. The van der Waals surface area contributed by atoms with Crippen molar-refractivity contribution in [3.8, 4) is 0 Å². The Morgan fingerprint density at radius 2 is 1.50 bits per heavy atom. The highest BCUT2D eigenvalue weighted by atomic mass is 16.3. The van der Waals surface area contributed by atoms with Gasteiger partial charge >= 0.3 is 0 Å². The van der Waals surface area contributed by atoms with Crippen molar-refractivity contribution in [3.05, 3.63) is 107 Å². The highest BCUT2D eigenvalue weighted by Gasteiger charge is 2.53. The van der Waals surface area contributed by atoms with E-state index in [1.165, 1.54) is 0 Å². The average molecular weight is 371 g/mol. The first kappa shape index (κ1) is 18.5. The van der Waals surface area contributed by atoms with Crippen molar-refractivity contribution in [3.63, 3.8) is 0 Å². The summed E-state index contributed by atoms with van der Waals surface area (Å²) in [5, 5.41) is 12.2. The molecule has 1 aliphatic heterocycles. The molecule has 1 amide bonds. The first-order valence-corrected chi connectivity index (χ1v) is 9.89. The van der Waals surface area contributed by atoms with E-state index in [1.54, 1.807) is 4.90 Å². The SMILES string of the molecule is CCCN1C(=O)c2ccccc2[C@@]1(O)[C@@H](Cc1ccccc1)c1ccccc1. The van der Waals surface area contributed by atoms with Crippen LogP contribution in [0.1, 0.15) is 46.3 Å². The molecule has 1 heterocycles. The first-order valence-electron chi connectivity index (χ1n) is 9.89. The molecule has 0 saturated carbocycles. The Balaban J connectivity index is 1.89. The van der Waals surface area contributed by atoms with Crippen molar-refractivity contribution in [1.29, 1.82) is 0 Å². The minimum absolute atomic E-state index is 0.0889. The van der Waals surface area contributed by atoms with E-state index in [4.69, 9.17) is 0 Å². The Morgan fingerprint density at radius 3 is 2.18 bits per heavy atom. The number of carbonyl (C=O) groups excluding carboxylic acids is 1. The third kappa shape index (κ3) is 3.02.